The summed E-state index contributed by atoms with van der Waals surface area (Å²) in [4.78, 5) is 25.8. The van der Waals surface area contributed by atoms with Gasteiger partial charge in [0.05, 0.1) is 10.2 Å². The second-order valence-corrected chi connectivity index (χ2v) is 8.24. The van der Waals surface area contributed by atoms with Gasteiger partial charge in [-0.3, -0.25) is 5.32 Å². The Morgan fingerprint density at radius 3 is 2.93 bits per heavy atom. The van der Waals surface area contributed by atoms with Crippen molar-refractivity contribution in [3.8, 4) is 0 Å². The van der Waals surface area contributed by atoms with Crippen molar-refractivity contribution in [3.05, 3.63) is 58.4 Å². The minimum Gasteiger partial charge on any atom is -0.368 e. The third-order valence-electron chi connectivity index (χ3n) is 4.11. The highest BCUT2D eigenvalue weighted by Gasteiger charge is 2.09. The first kappa shape index (κ1) is 19.2. The molecular weight excluding hydrogens is 411 g/mol. The second kappa shape index (κ2) is 8.50. The lowest BCUT2D eigenvalue weighted by molar-refractivity contribution is 0.262. The molecule has 0 saturated carbocycles. The molecule has 0 spiro atoms. The normalized spacial score (nSPS) is 10.8. The van der Waals surface area contributed by atoms with E-state index in [0.717, 1.165) is 27.3 Å². The van der Waals surface area contributed by atoms with Crippen molar-refractivity contribution in [2.75, 3.05) is 22.5 Å². The van der Waals surface area contributed by atoms with Crippen molar-refractivity contribution >= 4 is 55.6 Å². The van der Waals surface area contributed by atoms with E-state index in [1.54, 1.807) is 42.9 Å². The average Bonchev–Trinajstić information content (AvgIpc) is 3.34. The predicted octanol–water partition coefficient (Wildman–Crippen LogP) is 4.89. The number of anilines is 3. The monoisotopic (exact) mass is 428 g/mol. The number of urea groups is 1. The van der Waals surface area contributed by atoms with Crippen LogP contribution in [0.5, 0.6) is 0 Å². The van der Waals surface area contributed by atoms with Crippen LogP contribution in [0.1, 0.15) is 10.4 Å². The summed E-state index contributed by atoms with van der Waals surface area (Å²) in [6, 6.07) is 6.04. The summed E-state index contributed by atoms with van der Waals surface area (Å²) in [7, 11) is 0. The second-order valence-electron chi connectivity index (χ2n) is 6.21. The van der Waals surface area contributed by atoms with Gasteiger partial charge >= 0.3 is 6.03 Å². The Balaban J connectivity index is 1.29. The molecule has 0 fully saturated rings. The smallest absolute Gasteiger partial charge is 0.325 e. The van der Waals surface area contributed by atoms with Gasteiger partial charge in [-0.2, -0.15) is 0 Å². The number of thiazole rings is 1. The fraction of sp³-hybridized carbons (Fsp3) is 0.158. The molecule has 0 bridgehead atoms. The molecule has 0 atom stereocenters. The molecule has 29 heavy (non-hydrogen) atoms. The van der Waals surface area contributed by atoms with Gasteiger partial charge in [-0.15, -0.1) is 22.7 Å². The zero-order valence-corrected chi connectivity index (χ0v) is 17.0. The van der Waals surface area contributed by atoms with Crippen molar-refractivity contribution in [3.63, 3.8) is 0 Å². The lowest BCUT2D eigenvalue weighted by atomic mass is 10.2. The molecule has 10 heteroatoms. The predicted molar refractivity (Wildman–Crippen MR) is 116 cm³/mol. The van der Waals surface area contributed by atoms with E-state index in [1.165, 1.54) is 17.4 Å². The van der Waals surface area contributed by atoms with Gasteiger partial charge in [-0.05, 0) is 36.1 Å². The van der Waals surface area contributed by atoms with E-state index >= 15 is 0 Å². The Morgan fingerprint density at radius 1 is 1.17 bits per heavy atom. The van der Waals surface area contributed by atoms with E-state index in [1.807, 2.05) is 11.4 Å². The van der Waals surface area contributed by atoms with Crippen molar-refractivity contribution in [1.29, 1.82) is 0 Å². The Bertz CT molecular complexity index is 1160. The number of carbonyl (C=O) groups is 1. The van der Waals surface area contributed by atoms with E-state index in [9.17, 15) is 9.18 Å². The number of thiophene rings is 1. The molecule has 4 rings (SSSR count). The van der Waals surface area contributed by atoms with E-state index in [-0.39, 0.29) is 5.82 Å². The summed E-state index contributed by atoms with van der Waals surface area (Å²) in [5.74, 6) is 0.452. The molecule has 2 amide bonds. The van der Waals surface area contributed by atoms with Crippen LogP contribution in [0.25, 0.3) is 10.2 Å². The first-order valence-corrected chi connectivity index (χ1v) is 10.5. The van der Waals surface area contributed by atoms with Crippen LogP contribution in [-0.2, 0) is 6.42 Å². The Morgan fingerprint density at radius 2 is 2.07 bits per heavy atom. The minimum atomic E-state index is -0.464. The molecule has 3 N–H and O–H groups in total. The number of nitrogens with zero attached hydrogens (tertiary/aromatic N) is 3. The maximum atomic E-state index is 13.6. The van der Waals surface area contributed by atoms with Crippen LogP contribution in [0.2, 0.25) is 0 Å². The maximum Gasteiger partial charge on any atom is 0.325 e. The first-order valence-electron chi connectivity index (χ1n) is 8.79. The molecule has 0 aliphatic carbocycles. The number of hydrogen-bond acceptors (Lipinski definition) is 7. The summed E-state index contributed by atoms with van der Waals surface area (Å²) >= 11 is 2.99. The molecule has 0 radical (unpaired) electrons. The highest BCUT2D eigenvalue weighted by Crippen LogP contribution is 2.25. The SMILES string of the molecule is Cc1ccc(NC(=O)Nc2ncc(CCNc3ncnc4ccsc34)s2)cc1F. The van der Waals surface area contributed by atoms with Crippen LogP contribution < -0.4 is 16.0 Å². The lowest BCUT2D eigenvalue weighted by Crippen LogP contribution is -2.19. The molecule has 0 aliphatic rings. The maximum absolute atomic E-state index is 13.6. The third-order valence-corrected chi connectivity index (χ3v) is 5.99. The molecule has 3 aromatic heterocycles. The Kier molecular flexibility index (Phi) is 5.63. The van der Waals surface area contributed by atoms with Crippen LogP contribution in [-0.4, -0.2) is 27.5 Å². The van der Waals surface area contributed by atoms with Crippen LogP contribution in [0.4, 0.5) is 25.8 Å². The summed E-state index contributed by atoms with van der Waals surface area (Å²) in [6.45, 7) is 2.35. The summed E-state index contributed by atoms with van der Waals surface area (Å²) in [5.41, 5.74) is 1.84. The van der Waals surface area contributed by atoms with Crippen molar-refractivity contribution in [2.45, 2.75) is 13.3 Å². The molecule has 3 heterocycles. The number of fused-ring (bicyclic) bond motifs is 1. The molecule has 1 aromatic carbocycles. The van der Waals surface area contributed by atoms with Crippen LogP contribution in [0, 0.1) is 12.7 Å². The number of hydrogen-bond donors (Lipinski definition) is 3. The number of carbonyl (C=O) groups excluding carboxylic acids is 1. The summed E-state index contributed by atoms with van der Waals surface area (Å²) < 4.78 is 14.6. The van der Waals surface area contributed by atoms with E-state index in [4.69, 9.17) is 0 Å². The average molecular weight is 429 g/mol. The van der Waals surface area contributed by atoms with Gasteiger partial charge < -0.3 is 10.6 Å². The molecule has 0 unspecified atom stereocenters. The number of amides is 2. The number of rotatable bonds is 6. The standard InChI is InChI=1S/C19H17FN6OS2/c1-11-2-3-12(8-14(11)20)25-18(27)26-19-22-9-13(29-19)4-6-21-17-16-15(5-7-28-16)23-10-24-17/h2-3,5,7-10H,4,6H2,1H3,(H,21,23,24)(H2,22,25,26,27). The molecule has 148 valence electrons. The van der Waals surface area contributed by atoms with Gasteiger partial charge in [-0.25, -0.2) is 24.1 Å². The quantitative estimate of drug-likeness (QED) is 0.407. The van der Waals surface area contributed by atoms with Gasteiger partial charge in [0.25, 0.3) is 0 Å². The van der Waals surface area contributed by atoms with Crippen LogP contribution in [0.3, 0.4) is 0 Å². The summed E-state index contributed by atoms with van der Waals surface area (Å²) in [5, 5.41) is 11.1. The molecule has 0 saturated heterocycles. The van der Waals surface area contributed by atoms with Crippen molar-refractivity contribution in [2.24, 2.45) is 0 Å². The zero-order chi connectivity index (χ0) is 20.2. The van der Waals surface area contributed by atoms with Crippen molar-refractivity contribution < 1.29 is 9.18 Å². The number of aryl methyl sites for hydroxylation is 1. The van der Waals surface area contributed by atoms with Gasteiger partial charge in [0.15, 0.2) is 5.13 Å². The van der Waals surface area contributed by atoms with Gasteiger partial charge in [0.1, 0.15) is 18.0 Å². The van der Waals surface area contributed by atoms with E-state index < -0.39 is 6.03 Å². The van der Waals surface area contributed by atoms with E-state index in [2.05, 4.69) is 30.9 Å². The lowest BCUT2D eigenvalue weighted by Gasteiger charge is -2.06. The Hall–Kier alpha value is -3.11. The molecule has 0 aliphatic heterocycles. The zero-order valence-electron chi connectivity index (χ0n) is 15.4. The molecule has 7 nitrogen and oxygen atoms in total. The number of halogens is 1. The fourth-order valence-electron chi connectivity index (χ4n) is 2.63. The van der Waals surface area contributed by atoms with Crippen LogP contribution >= 0.6 is 22.7 Å². The molecular formula is C19H17FN6OS2. The largest absolute Gasteiger partial charge is 0.368 e. The number of benzene rings is 1. The number of aromatic nitrogens is 3. The van der Waals surface area contributed by atoms with Gasteiger partial charge in [-0.1, -0.05) is 6.07 Å². The van der Waals surface area contributed by atoms with Gasteiger partial charge in [0.2, 0.25) is 0 Å². The van der Waals surface area contributed by atoms with Crippen LogP contribution in [0.15, 0.2) is 42.2 Å². The van der Waals surface area contributed by atoms with E-state index in [0.29, 0.717) is 22.9 Å². The highest BCUT2D eigenvalue weighted by atomic mass is 32.1. The minimum absolute atomic E-state index is 0.365. The Labute approximate surface area is 174 Å². The third kappa shape index (κ3) is 4.66. The van der Waals surface area contributed by atoms with Crippen molar-refractivity contribution in [1.82, 2.24) is 15.0 Å². The summed E-state index contributed by atoms with van der Waals surface area (Å²) in [6.07, 6.45) is 4.01. The highest BCUT2D eigenvalue weighted by molar-refractivity contribution is 7.17. The van der Waals surface area contributed by atoms with Gasteiger partial charge in [0, 0.05) is 29.7 Å². The molecule has 4 aromatic rings. The number of nitrogens with one attached hydrogen (secondary N) is 3. The fourth-order valence-corrected chi connectivity index (χ4v) is 4.25. The first-order chi connectivity index (χ1) is 14.1. The topological polar surface area (TPSA) is 91.8 Å².